The lowest BCUT2D eigenvalue weighted by molar-refractivity contribution is -0.118. The fourth-order valence-electron chi connectivity index (χ4n) is 2.24. The van der Waals surface area contributed by atoms with Gasteiger partial charge in [0.2, 0.25) is 5.91 Å². The van der Waals surface area contributed by atoms with E-state index in [4.69, 9.17) is 5.73 Å². The van der Waals surface area contributed by atoms with Gasteiger partial charge in [-0.25, -0.2) is 8.42 Å². The molecule has 0 fully saturated rings. The lowest BCUT2D eigenvalue weighted by Crippen LogP contribution is -2.50. The number of amides is 1. The first kappa shape index (κ1) is 19.6. The summed E-state index contributed by atoms with van der Waals surface area (Å²) in [7, 11) is -3.38. The van der Waals surface area contributed by atoms with E-state index in [1.165, 1.54) is 0 Å². The molecule has 0 saturated heterocycles. The van der Waals surface area contributed by atoms with Gasteiger partial charge in [-0.1, -0.05) is 44.2 Å². The van der Waals surface area contributed by atoms with Crippen LogP contribution in [-0.2, 0) is 21.1 Å². The molecule has 0 aliphatic rings. The van der Waals surface area contributed by atoms with Crippen LogP contribution < -0.4 is 11.1 Å². The van der Waals surface area contributed by atoms with Gasteiger partial charge in [-0.2, -0.15) is 0 Å². The van der Waals surface area contributed by atoms with Crippen molar-refractivity contribution in [2.75, 3.05) is 18.1 Å². The van der Waals surface area contributed by atoms with Crippen LogP contribution in [0.2, 0.25) is 0 Å². The Hall–Kier alpha value is -1.40. The van der Waals surface area contributed by atoms with Crippen molar-refractivity contribution in [3.05, 3.63) is 35.9 Å². The molecule has 1 aromatic rings. The number of aryl methyl sites for hydroxylation is 1. The van der Waals surface area contributed by atoms with E-state index in [0.29, 0.717) is 19.4 Å². The van der Waals surface area contributed by atoms with E-state index in [1.54, 1.807) is 0 Å². The monoisotopic (exact) mass is 340 g/mol. The highest BCUT2D eigenvalue weighted by Gasteiger charge is 2.22. The number of hydrogen-bond donors (Lipinski definition) is 2. The summed E-state index contributed by atoms with van der Waals surface area (Å²) in [4.78, 5) is 11.8. The zero-order valence-corrected chi connectivity index (χ0v) is 14.9. The summed E-state index contributed by atoms with van der Waals surface area (Å²) >= 11 is 0. The standard InChI is InChI=1S/C17H28N2O3S/c1-3-17(18,4-2)14-19-16(20)13-23(21,22)12-8-11-15-9-6-5-7-10-15/h5-7,9-10H,3-4,8,11-14,18H2,1-2H3,(H,19,20). The summed E-state index contributed by atoms with van der Waals surface area (Å²) in [5.74, 6) is -0.919. The Balaban J connectivity index is 2.38. The molecule has 1 rings (SSSR count). The van der Waals surface area contributed by atoms with Crippen molar-refractivity contribution in [2.45, 2.75) is 45.1 Å². The van der Waals surface area contributed by atoms with Crippen LogP contribution in [0.5, 0.6) is 0 Å². The van der Waals surface area contributed by atoms with Crippen LogP contribution in [0.1, 0.15) is 38.7 Å². The van der Waals surface area contributed by atoms with E-state index < -0.39 is 27.0 Å². The highest BCUT2D eigenvalue weighted by Crippen LogP contribution is 2.09. The summed E-state index contributed by atoms with van der Waals surface area (Å²) in [6.07, 6.45) is 2.67. The van der Waals surface area contributed by atoms with Gasteiger partial charge in [0.15, 0.2) is 9.84 Å². The smallest absolute Gasteiger partial charge is 0.235 e. The second-order valence-electron chi connectivity index (χ2n) is 6.03. The third-order valence-electron chi connectivity index (χ3n) is 4.16. The summed E-state index contributed by atoms with van der Waals surface area (Å²) in [6.45, 7) is 4.21. The molecule has 1 aromatic carbocycles. The Kier molecular flexibility index (Phi) is 7.72. The van der Waals surface area contributed by atoms with Crippen LogP contribution >= 0.6 is 0 Å². The quantitative estimate of drug-likeness (QED) is 0.678. The van der Waals surface area contributed by atoms with Gasteiger partial charge in [0.05, 0.1) is 5.75 Å². The second kappa shape index (κ2) is 9.03. The Morgan fingerprint density at radius 3 is 2.35 bits per heavy atom. The Morgan fingerprint density at radius 1 is 1.17 bits per heavy atom. The van der Waals surface area contributed by atoms with Crippen molar-refractivity contribution in [3.8, 4) is 0 Å². The normalized spacial score (nSPS) is 12.1. The average molecular weight is 340 g/mol. The van der Waals surface area contributed by atoms with Crippen molar-refractivity contribution in [1.82, 2.24) is 5.32 Å². The molecule has 0 saturated carbocycles. The minimum Gasteiger partial charge on any atom is -0.353 e. The molecule has 1 amide bonds. The molecule has 130 valence electrons. The van der Waals surface area contributed by atoms with Gasteiger partial charge >= 0.3 is 0 Å². The first-order chi connectivity index (χ1) is 10.8. The van der Waals surface area contributed by atoms with Crippen molar-refractivity contribution in [3.63, 3.8) is 0 Å². The molecular weight excluding hydrogens is 312 g/mol. The van der Waals surface area contributed by atoms with Gasteiger partial charge in [0.25, 0.3) is 0 Å². The van der Waals surface area contributed by atoms with Gasteiger partial charge in [0.1, 0.15) is 5.75 Å². The molecule has 0 unspecified atom stereocenters. The molecule has 0 atom stereocenters. The summed E-state index contributed by atoms with van der Waals surface area (Å²) in [6, 6.07) is 9.72. The average Bonchev–Trinajstić information content (AvgIpc) is 2.53. The zero-order valence-electron chi connectivity index (χ0n) is 14.0. The largest absolute Gasteiger partial charge is 0.353 e. The van der Waals surface area contributed by atoms with Gasteiger partial charge in [0, 0.05) is 12.1 Å². The molecule has 3 N–H and O–H groups in total. The molecule has 0 aromatic heterocycles. The number of carbonyl (C=O) groups excluding carboxylic acids is 1. The van der Waals surface area contributed by atoms with E-state index in [0.717, 1.165) is 18.4 Å². The van der Waals surface area contributed by atoms with Crippen molar-refractivity contribution in [1.29, 1.82) is 0 Å². The number of sulfone groups is 1. The van der Waals surface area contributed by atoms with Crippen LogP contribution in [0.3, 0.4) is 0 Å². The highest BCUT2D eigenvalue weighted by atomic mass is 32.2. The number of hydrogen-bond acceptors (Lipinski definition) is 4. The van der Waals surface area contributed by atoms with Crippen LogP contribution in [0.4, 0.5) is 0 Å². The van der Waals surface area contributed by atoms with E-state index >= 15 is 0 Å². The van der Waals surface area contributed by atoms with Crippen molar-refractivity contribution < 1.29 is 13.2 Å². The maximum Gasteiger partial charge on any atom is 0.235 e. The lowest BCUT2D eigenvalue weighted by Gasteiger charge is -2.26. The first-order valence-electron chi connectivity index (χ1n) is 8.10. The van der Waals surface area contributed by atoms with Gasteiger partial charge < -0.3 is 11.1 Å². The second-order valence-corrected chi connectivity index (χ2v) is 8.21. The fraction of sp³-hybridized carbons (Fsp3) is 0.588. The lowest BCUT2D eigenvalue weighted by atomic mass is 9.94. The predicted octanol–water partition coefficient (Wildman–Crippen LogP) is 1.67. The number of benzene rings is 1. The summed E-state index contributed by atoms with van der Waals surface area (Å²) in [5.41, 5.74) is 6.73. The third kappa shape index (κ3) is 7.61. The van der Waals surface area contributed by atoms with E-state index in [1.807, 2.05) is 44.2 Å². The van der Waals surface area contributed by atoms with Crippen molar-refractivity contribution in [2.24, 2.45) is 5.73 Å². The zero-order chi connectivity index (χ0) is 17.3. The maximum absolute atomic E-state index is 12.0. The van der Waals surface area contributed by atoms with E-state index in [-0.39, 0.29) is 5.75 Å². The topological polar surface area (TPSA) is 89.3 Å². The molecule has 0 aliphatic heterocycles. The minimum absolute atomic E-state index is 0.0185. The van der Waals surface area contributed by atoms with Crippen LogP contribution in [0.25, 0.3) is 0 Å². The Morgan fingerprint density at radius 2 is 1.78 bits per heavy atom. The molecule has 23 heavy (non-hydrogen) atoms. The molecule has 0 radical (unpaired) electrons. The van der Waals surface area contributed by atoms with E-state index in [9.17, 15) is 13.2 Å². The fourth-order valence-corrected chi connectivity index (χ4v) is 3.47. The van der Waals surface area contributed by atoms with Gasteiger partial charge in [-0.05, 0) is 31.2 Å². The van der Waals surface area contributed by atoms with Gasteiger partial charge in [-0.15, -0.1) is 0 Å². The highest BCUT2D eigenvalue weighted by molar-refractivity contribution is 7.92. The van der Waals surface area contributed by atoms with Crippen molar-refractivity contribution >= 4 is 15.7 Å². The number of nitrogens with two attached hydrogens (primary N) is 1. The molecule has 6 heteroatoms. The number of nitrogens with one attached hydrogen (secondary N) is 1. The molecule has 0 heterocycles. The van der Waals surface area contributed by atoms with E-state index in [2.05, 4.69) is 5.32 Å². The SMILES string of the molecule is CCC(N)(CC)CNC(=O)CS(=O)(=O)CCCc1ccccc1. The van der Waals surface area contributed by atoms with Gasteiger partial charge in [-0.3, -0.25) is 4.79 Å². The molecular formula is C17H28N2O3S. The van der Waals surface area contributed by atoms with Crippen LogP contribution in [0.15, 0.2) is 30.3 Å². The minimum atomic E-state index is -3.38. The number of carbonyl (C=O) groups is 1. The van der Waals surface area contributed by atoms with Crippen LogP contribution in [-0.4, -0.2) is 37.9 Å². The third-order valence-corrected chi connectivity index (χ3v) is 5.77. The summed E-state index contributed by atoms with van der Waals surface area (Å²) < 4.78 is 24.0. The van der Waals surface area contributed by atoms with Crippen LogP contribution in [0, 0.1) is 0 Å². The Bertz CT molecular complexity index is 581. The first-order valence-corrected chi connectivity index (χ1v) is 9.92. The molecule has 5 nitrogen and oxygen atoms in total. The molecule has 0 aliphatic carbocycles. The molecule has 0 spiro atoms. The molecule has 0 bridgehead atoms. The Labute approximate surface area is 139 Å². The predicted molar refractivity (Wildman–Crippen MR) is 93.9 cm³/mol. The maximum atomic E-state index is 12.0. The number of rotatable bonds is 10. The summed E-state index contributed by atoms with van der Waals surface area (Å²) in [5, 5.41) is 2.65.